The van der Waals surface area contributed by atoms with Gasteiger partial charge in [0, 0.05) is 17.9 Å². The fourth-order valence-electron chi connectivity index (χ4n) is 3.55. The van der Waals surface area contributed by atoms with Crippen molar-refractivity contribution < 1.29 is 63.4 Å². The second kappa shape index (κ2) is 8.26. The lowest BCUT2D eigenvalue weighted by molar-refractivity contribution is -0.403. The normalized spacial score (nSPS) is 28.4. The zero-order chi connectivity index (χ0) is 23.1. The Balaban J connectivity index is 2.17. The molecule has 0 aromatic rings. The molecule has 8 nitrogen and oxygen atoms in total. The van der Waals surface area contributed by atoms with Crippen LogP contribution in [0.2, 0.25) is 0 Å². The van der Waals surface area contributed by atoms with Gasteiger partial charge >= 0.3 is 18.3 Å². The molecule has 30 heavy (non-hydrogen) atoms. The number of esters is 1. The minimum absolute atomic E-state index is 0.0451. The molecule has 2 aliphatic rings. The van der Waals surface area contributed by atoms with Crippen LogP contribution in [0, 0.1) is 11.8 Å². The third-order valence-electron chi connectivity index (χ3n) is 4.99. The molecule has 2 saturated heterocycles. The zero-order valence-corrected chi connectivity index (χ0v) is 15.8. The van der Waals surface area contributed by atoms with E-state index in [-0.39, 0.29) is 19.4 Å². The standard InChI is InChI=1S/C15H18F6O8S/c1-2-11(22)27-5-7-3-10-8(4-9(7)28-10)12(23)29-13(14(16,17)18,15(19,20)21)6-30(24,25)26/h2,7-10,12,23H,1,3-6H2,(H,24,25,26)/t7?,8?,9?,10?,12-/m0/s1. The Hall–Kier alpha value is -1.42. The number of aliphatic hydroxyl groups excluding tert-OH is 1. The molecule has 0 aromatic carbocycles. The SMILES string of the molecule is C=CC(=O)OCC1CC2OC1CC2[C@@H](O)OC(CS(=O)(=O)O)(C(F)(F)F)C(F)(F)F. The molecule has 2 heterocycles. The molecule has 2 fully saturated rings. The molecular weight excluding hydrogens is 454 g/mol. The van der Waals surface area contributed by atoms with Crippen molar-refractivity contribution in [2.45, 2.75) is 49.3 Å². The van der Waals surface area contributed by atoms with Crippen molar-refractivity contribution >= 4 is 16.1 Å². The van der Waals surface area contributed by atoms with E-state index in [1.165, 1.54) is 0 Å². The molecule has 2 rings (SSSR count). The van der Waals surface area contributed by atoms with E-state index in [1.807, 2.05) is 0 Å². The van der Waals surface area contributed by atoms with Crippen molar-refractivity contribution in [1.82, 2.24) is 0 Å². The summed E-state index contributed by atoms with van der Waals surface area (Å²) in [5.74, 6) is -5.36. The molecule has 0 aromatic heterocycles. The van der Waals surface area contributed by atoms with E-state index in [4.69, 9.17) is 14.0 Å². The van der Waals surface area contributed by atoms with Crippen LogP contribution in [0.1, 0.15) is 12.8 Å². The van der Waals surface area contributed by atoms with Gasteiger partial charge in [-0.1, -0.05) is 6.58 Å². The maximum Gasteiger partial charge on any atom is 0.427 e. The number of alkyl halides is 6. The number of fused-ring (bicyclic) bond motifs is 2. The number of carbonyl (C=O) groups is 1. The number of ether oxygens (including phenoxy) is 3. The number of aliphatic hydroxyl groups is 1. The highest BCUT2D eigenvalue weighted by molar-refractivity contribution is 7.85. The van der Waals surface area contributed by atoms with E-state index in [9.17, 15) is 44.7 Å². The molecule has 5 atom stereocenters. The number of carbonyl (C=O) groups excluding carboxylic acids is 1. The van der Waals surface area contributed by atoms with Crippen LogP contribution >= 0.6 is 0 Å². The van der Waals surface area contributed by atoms with Crippen LogP contribution in [-0.2, 0) is 29.1 Å². The lowest BCUT2D eigenvalue weighted by Crippen LogP contribution is -2.64. The van der Waals surface area contributed by atoms with Gasteiger partial charge in [0.2, 0.25) is 0 Å². The van der Waals surface area contributed by atoms with Crippen molar-refractivity contribution in [3.63, 3.8) is 0 Å². The second-order valence-corrected chi connectivity index (χ2v) is 8.45. The third kappa shape index (κ3) is 5.07. The van der Waals surface area contributed by atoms with Crippen LogP contribution in [-0.4, -0.2) is 72.9 Å². The molecule has 2 aliphatic heterocycles. The highest BCUT2D eigenvalue weighted by Crippen LogP contribution is 2.50. The van der Waals surface area contributed by atoms with Crippen molar-refractivity contribution in [3.8, 4) is 0 Å². The number of halogens is 6. The predicted octanol–water partition coefficient (Wildman–Crippen LogP) is 1.60. The van der Waals surface area contributed by atoms with E-state index in [0.717, 1.165) is 6.08 Å². The minimum Gasteiger partial charge on any atom is -0.462 e. The molecule has 15 heteroatoms. The van der Waals surface area contributed by atoms with Crippen LogP contribution in [0.5, 0.6) is 0 Å². The molecule has 174 valence electrons. The molecule has 0 spiro atoms. The van der Waals surface area contributed by atoms with Crippen molar-refractivity contribution in [2.75, 3.05) is 12.4 Å². The second-order valence-electron chi connectivity index (χ2n) is 7.00. The van der Waals surface area contributed by atoms with Gasteiger partial charge in [0.25, 0.3) is 15.7 Å². The smallest absolute Gasteiger partial charge is 0.427 e. The average molecular weight is 472 g/mol. The summed E-state index contributed by atoms with van der Waals surface area (Å²) in [5, 5.41) is 10.00. The summed E-state index contributed by atoms with van der Waals surface area (Å²) in [5.41, 5.74) is -5.35. The van der Waals surface area contributed by atoms with Gasteiger partial charge in [-0.05, 0) is 12.8 Å². The number of hydrogen-bond donors (Lipinski definition) is 2. The number of rotatable bonds is 8. The van der Waals surface area contributed by atoms with Crippen LogP contribution in [0.15, 0.2) is 12.7 Å². The Morgan fingerprint density at radius 1 is 1.17 bits per heavy atom. The van der Waals surface area contributed by atoms with Crippen LogP contribution < -0.4 is 0 Å². The first-order valence-corrected chi connectivity index (χ1v) is 10.0. The van der Waals surface area contributed by atoms with Crippen LogP contribution in [0.25, 0.3) is 0 Å². The monoisotopic (exact) mass is 472 g/mol. The Morgan fingerprint density at radius 3 is 2.13 bits per heavy atom. The van der Waals surface area contributed by atoms with Crippen LogP contribution in [0.4, 0.5) is 26.3 Å². The van der Waals surface area contributed by atoms with E-state index >= 15 is 0 Å². The summed E-state index contributed by atoms with van der Waals surface area (Å²) in [4.78, 5) is 11.1. The Bertz CT molecular complexity index is 750. The van der Waals surface area contributed by atoms with Crippen molar-refractivity contribution in [2.24, 2.45) is 11.8 Å². The highest BCUT2D eigenvalue weighted by atomic mass is 32.2. The quantitative estimate of drug-likeness (QED) is 0.180. The lowest BCUT2D eigenvalue weighted by atomic mass is 9.82. The highest BCUT2D eigenvalue weighted by Gasteiger charge is 2.75. The minimum atomic E-state index is -6.33. The first-order valence-electron chi connectivity index (χ1n) is 8.40. The molecule has 0 radical (unpaired) electrons. The van der Waals surface area contributed by atoms with Crippen molar-refractivity contribution in [3.05, 3.63) is 12.7 Å². The predicted molar refractivity (Wildman–Crippen MR) is 84.4 cm³/mol. The van der Waals surface area contributed by atoms with E-state index in [0.29, 0.717) is 0 Å². The first-order chi connectivity index (χ1) is 13.5. The fraction of sp³-hybridized carbons (Fsp3) is 0.800. The summed E-state index contributed by atoms with van der Waals surface area (Å²) in [7, 11) is -5.82. The molecule has 0 aliphatic carbocycles. The van der Waals surface area contributed by atoms with E-state index in [1.54, 1.807) is 0 Å². The molecule has 2 N–H and O–H groups in total. The van der Waals surface area contributed by atoms with Gasteiger partial charge in [0.05, 0.1) is 18.8 Å². The molecule has 2 bridgehead atoms. The van der Waals surface area contributed by atoms with E-state index < -0.39 is 70.1 Å². The van der Waals surface area contributed by atoms with Crippen LogP contribution in [0.3, 0.4) is 0 Å². The van der Waals surface area contributed by atoms with Gasteiger partial charge in [-0.2, -0.15) is 34.8 Å². The summed E-state index contributed by atoms with van der Waals surface area (Å²) < 4.78 is 124. The fourth-order valence-corrected chi connectivity index (χ4v) is 4.46. The Kier molecular flexibility index (Phi) is 6.84. The van der Waals surface area contributed by atoms with Gasteiger partial charge < -0.3 is 19.3 Å². The van der Waals surface area contributed by atoms with Gasteiger partial charge in [-0.25, -0.2) is 4.79 Å². The van der Waals surface area contributed by atoms with E-state index in [2.05, 4.69) is 11.3 Å². The maximum absolute atomic E-state index is 13.3. The number of hydrogen-bond acceptors (Lipinski definition) is 7. The summed E-state index contributed by atoms with van der Waals surface area (Å²) in [6.07, 6.45) is -16.4. The summed E-state index contributed by atoms with van der Waals surface area (Å²) in [6, 6.07) is 0. The molecule has 0 amide bonds. The maximum atomic E-state index is 13.3. The van der Waals surface area contributed by atoms with Gasteiger partial charge in [0.1, 0.15) is 5.75 Å². The Labute approximate surface area is 166 Å². The molecular formula is C15H18F6O8S. The zero-order valence-electron chi connectivity index (χ0n) is 15.0. The third-order valence-corrected chi connectivity index (χ3v) is 5.76. The van der Waals surface area contributed by atoms with Gasteiger partial charge in [0.15, 0.2) is 6.29 Å². The van der Waals surface area contributed by atoms with Crippen molar-refractivity contribution in [1.29, 1.82) is 0 Å². The largest absolute Gasteiger partial charge is 0.462 e. The molecule has 4 unspecified atom stereocenters. The summed E-state index contributed by atoms with van der Waals surface area (Å²) >= 11 is 0. The van der Waals surface area contributed by atoms with Gasteiger partial charge in [-0.15, -0.1) is 0 Å². The topological polar surface area (TPSA) is 119 Å². The molecule has 0 saturated carbocycles. The van der Waals surface area contributed by atoms with Gasteiger partial charge in [-0.3, -0.25) is 4.55 Å². The average Bonchev–Trinajstić information content (AvgIpc) is 3.15. The lowest BCUT2D eigenvalue weighted by Gasteiger charge is -2.39. The summed E-state index contributed by atoms with van der Waals surface area (Å²) in [6.45, 7) is 3.06. The first kappa shape index (κ1) is 24.8. The Morgan fingerprint density at radius 2 is 1.73 bits per heavy atom.